The van der Waals surface area contributed by atoms with Crippen molar-refractivity contribution < 1.29 is 4.79 Å². The summed E-state index contributed by atoms with van der Waals surface area (Å²) in [6, 6.07) is 0. The summed E-state index contributed by atoms with van der Waals surface area (Å²) in [5.74, 6) is 0.870. The second kappa shape index (κ2) is 4.39. The zero-order chi connectivity index (χ0) is 6.57. The second-order valence-electron chi connectivity index (χ2n) is 1.58. The van der Waals surface area contributed by atoms with Crippen LogP contribution in [0.2, 0.25) is 0 Å². The van der Waals surface area contributed by atoms with Gasteiger partial charge in [-0.25, -0.2) is 0 Å². The number of rotatable bonds is 2. The van der Waals surface area contributed by atoms with Gasteiger partial charge in [0.05, 0.1) is 0 Å². The molecule has 0 saturated carbocycles. The Morgan fingerprint density at radius 1 is 1.88 bits per heavy atom. The maximum atomic E-state index is 10.3. The van der Waals surface area contributed by atoms with Crippen LogP contribution in [0.4, 0.5) is 0 Å². The summed E-state index contributed by atoms with van der Waals surface area (Å²) in [4.78, 5) is 10.7. The molecule has 0 amide bonds. The fraction of sp³-hybridized carbons (Fsp3) is 0.800. The van der Waals surface area contributed by atoms with Crippen molar-refractivity contribution in [2.24, 2.45) is 0 Å². The van der Waals surface area contributed by atoms with Gasteiger partial charge in [0, 0.05) is 17.5 Å². The molecular formula is C5H9BrOS. The van der Waals surface area contributed by atoms with E-state index < -0.39 is 0 Å². The zero-order valence-corrected chi connectivity index (χ0v) is 7.38. The zero-order valence-electron chi connectivity index (χ0n) is 4.98. The maximum absolute atomic E-state index is 10.3. The lowest BCUT2D eigenvalue weighted by atomic mass is 10.6. The topological polar surface area (TPSA) is 17.1 Å². The molecule has 0 fully saturated rings. The molecule has 0 spiro atoms. The number of alkyl halides is 1. The molecule has 0 aromatic carbocycles. The Labute approximate surface area is 62.4 Å². The molecule has 0 heterocycles. The van der Waals surface area contributed by atoms with Gasteiger partial charge in [0.2, 0.25) is 0 Å². The summed E-state index contributed by atoms with van der Waals surface area (Å²) < 4.78 is 0. The molecular weight excluding hydrogens is 188 g/mol. The minimum atomic E-state index is 0.191. The summed E-state index contributed by atoms with van der Waals surface area (Å²) in [7, 11) is 0. The Hall–Kier alpha value is 0.500. The predicted octanol–water partition coefficient (Wildman–Crippen LogP) is 2.05. The van der Waals surface area contributed by atoms with Crippen LogP contribution in [-0.4, -0.2) is 15.7 Å². The Balaban J connectivity index is 3.05. The van der Waals surface area contributed by atoms with E-state index in [2.05, 4.69) is 15.9 Å². The number of halogens is 1. The van der Waals surface area contributed by atoms with Gasteiger partial charge in [-0.2, -0.15) is 0 Å². The van der Waals surface area contributed by atoms with Gasteiger partial charge < -0.3 is 0 Å². The highest BCUT2D eigenvalue weighted by molar-refractivity contribution is 9.09. The first kappa shape index (κ1) is 8.50. The van der Waals surface area contributed by atoms with Crippen molar-refractivity contribution in [3.63, 3.8) is 0 Å². The SMILES string of the molecule is CC(=O)SCC(C)Br. The van der Waals surface area contributed by atoms with E-state index in [4.69, 9.17) is 0 Å². The average Bonchev–Trinajstić information content (AvgIpc) is 1.61. The van der Waals surface area contributed by atoms with Crippen LogP contribution in [0.25, 0.3) is 0 Å². The molecule has 3 heteroatoms. The number of carbonyl (C=O) groups excluding carboxylic acids is 1. The quantitative estimate of drug-likeness (QED) is 0.630. The monoisotopic (exact) mass is 196 g/mol. The third kappa shape index (κ3) is 6.50. The van der Waals surface area contributed by atoms with Gasteiger partial charge in [0.25, 0.3) is 0 Å². The molecule has 0 bridgehead atoms. The molecule has 0 aliphatic heterocycles. The van der Waals surface area contributed by atoms with Gasteiger partial charge in [-0.05, 0) is 0 Å². The molecule has 0 aliphatic rings. The Morgan fingerprint density at radius 3 is 2.50 bits per heavy atom. The lowest BCUT2D eigenvalue weighted by Gasteiger charge is -1.96. The van der Waals surface area contributed by atoms with Crippen LogP contribution >= 0.6 is 27.7 Å². The van der Waals surface area contributed by atoms with Gasteiger partial charge in [0.1, 0.15) is 0 Å². The van der Waals surface area contributed by atoms with Crippen molar-refractivity contribution >= 4 is 32.8 Å². The van der Waals surface area contributed by atoms with Crippen molar-refractivity contribution in [2.45, 2.75) is 18.7 Å². The largest absolute Gasteiger partial charge is 0.288 e. The van der Waals surface area contributed by atoms with Crippen LogP contribution in [0, 0.1) is 0 Å². The van der Waals surface area contributed by atoms with E-state index in [0.29, 0.717) is 4.83 Å². The summed E-state index contributed by atoms with van der Waals surface area (Å²) >= 11 is 4.68. The van der Waals surface area contributed by atoms with E-state index in [0.717, 1.165) is 5.75 Å². The molecule has 1 atom stereocenters. The maximum Gasteiger partial charge on any atom is 0.185 e. The van der Waals surface area contributed by atoms with Gasteiger partial charge in [0.15, 0.2) is 5.12 Å². The molecule has 1 unspecified atom stereocenters. The van der Waals surface area contributed by atoms with Crippen molar-refractivity contribution in [2.75, 3.05) is 5.75 Å². The van der Waals surface area contributed by atoms with Crippen LogP contribution in [0.5, 0.6) is 0 Å². The molecule has 0 aromatic heterocycles. The highest BCUT2D eigenvalue weighted by atomic mass is 79.9. The summed E-state index contributed by atoms with van der Waals surface area (Å²) in [5.41, 5.74) is 0. The Bertz CT molecular complexity index is 82.5. The van der Waals surface area contributed by atoms with E-state index in [1.165, 1.54) is 11.8 Å². The molecule has 0 radical (unpaired) electrons. The highest BCUT2D eigenvalue weighted by Gasteiger charge is 1.97. The third-order valence-electron chi connectivity index (χ3n) is 0.516. The number of thioether (sulfide) groups is 1. The van der Waals surface area contributed by atoms with E-state index in [-0.39, 0.29) is 5.12 Å². The smallest absolute Gasteiger partial charge is 0.185 e. The minimum absolute atomic E-state index is 0.191. The summed E-state index contributed by atoms with van der Waals surface area (Å²) in [6.45, 7) is 3.61. The van der Waals surface area contributed by atoms with Crippen LogP contribution in [0.1, 0.15) is 13.8 Å². The minimum Gasteiger partial charge on any atom is -0.288 e. The van der Waals surface area contributed by atoms with Gasteiger partial charge in [-0.3, -0.25) is 4.79 Å². The van der Waals surface area contributed by atoms with E-state index >= 15 is 0 Å². The van der Waals surface area contributed by atoms with Gasteiger partial charge >= 0.3 is 0 Å². The lowest BCUT2D eigenvalue weighted by molar-refractivity contribution is -0.109. The first-order valence-corrected chi connectivity index (χ1v) is 4.30. The standard InChI is InChI=1S/C5H9BrOS/c1-4(6)3-8-5(2)7/h4H,3H2,1-2H3. The van der Waals surface area contributed by atoms with Crippen LogP contribution < -0.4 is 0 Å². The van der Waals surface area contributed by atoms with Crippen molar-refractivity contribution in [1.82, 2.24) is 0 Å². The first-order chi connectivity index (χ1) is 3.63. The van der Waals surface area contributed by atoms with Crippen LogP contribution in [0.15, 0.2) is 0 Å². The number of hydrogen-bond acceptors (Lipinski definition) is 2. The van der Waals surface area contributed by atoms with Gasteiger partial charge in [-0.1, -0.05) is 34.6 Å². The molecule has 0 saturated heterocycles. The normalized spacial score (nSPS) is 13.4. The van der Waals surface area contributed by atoms with Crippen LogP contribution in [-0.2, 0) is 4.79 Å². The molecule has 0 N–H and O–H groups in total. The highest BCUT2D eigenvalue weighted by Crippen LogP contribution is 2.08. The fourth-order valence-corrected chi connectivity index (χ4v) is 1.09. The summed E-state index contributed by atoms with van der Waals surface area (Å²) in [5, 5.41) is 0.191. The molecule has 1 nitrogen and oxygen atoms in total. The van der Waals surface area contributed by atoms with Gasteiger partial charge in [-0.15, -0.1) is 0 Å². The van der Waals surface area contributed by atoms with E-state index in [1.54, 1.807) is 6.92 Å². The van der Waals surface area contributed by atoms with Crippen molar-refractivity contribution in [1.29, 1.82) is 0 Å². The first-order valence-electron chi connectivity index (χ1n) is 2.40. The number of carbonyl (C=O) groups is 1. The Morgan fingerprint density at radius 2 is 2.38 bits per heavy atom. The molecule has 8 heavy (non-hydrogen) atoms. The van der Waals surface area contributed by atoms with Crippen molar-refractivity contribution in [3.8, 4) is 0 Å². The van der Waals surface area contributed by atoms with E-state index in [1.807, 2.05) is 6.92 Å². The fourth-order valence-electron chi connectivity index (χ4n) is 0.232. The average molecular weight is 197 g/mol. The third-order valence-corrected chi connectivity index (χ3v) is 2.34. The summed E-state index contributed by atoms with van der Waals surface area (Å²) in [6.07, 6.45) is 0. The molecule has 0 aliphatic carbocycles. The molecule has 0 rings (SSSR count). The predicted molar refractivity (Wildman–Crippen MR) is 41.5 cm³/mol. The van der Waals surface area contributed by atoms with Crippen molar-refractivity contribution in [3.05, 3.63) is 0 Å². The number of hydrogen-bond donors (Lipinski definition) is 0. The second-order valence-corrected chi connectivity index (χ2v) is 4.34. The Kier molecular flexibility index (Phi) is 4.66. The molecule has 48 valence electrons. The molecule has 0 aromatic rings. The van der Waals surface area contributed by atoms with Crippen LogP contribution in [0.3, 0.4) is 0 Å². The van der Waals surface area contributed by atoms with E-state index in [9.17, 15) is 4.79 Å². The lowest BCUT2D eigenvalue weighted by Crippen LogP contribution is -1.95.